The lowest BCUT2D eigenvalue weighted by Gasteiger charge is -2.07. The van der Waals surface area contributed by atoms with Crippen molar-refractivity contribution in [1.29, 1.82) is 0 Å². The summed E-state index contributed by atoms with van der Waals surface area (Å²) in [6.07, 6.45) is 2.28. The topological polar surface area (TPSA) is 31.0 Å². The molecule has 0 radical (unpaired) electrons. The van der Waals surface area contributed by atoms with Gasteiger partial charge in [0.2, 0.25) is 0 Å². The molecule has 3 nitrogen and oxygen atoms in total. The zero-order valence-corrected chi connectivity index (χ0v) is 11.8. The van der Waals surface area contributed by atoms with Crippen LogP contribution < -0.4 is 0 Å². The Kier molecular flexibility index (Phi) is 3.49. The molecule has 0 amide bonds. The van der Waals surface area contributed by atoms with Gasteiger partial charge in [0.25, 0.3) is 0 Å². The lowest BCUT2D eigenvalue weighted by Crippen LogP contribution is -2.05. The van der Waals surface area contributed by atoms with Crippen LogP contribution in [0.2, 0.25) is 0 Å². The Balaban J connectivity index is 2.15. The third-order valence-electron chi connectivity index (χ3n) is 3.32. The largest absolute Gasteiger partial charge is 0.467 e. The number of halogens is 2. The first-order chi connectivity index (χ1) is 9.69. The number of aromatic nitrogens is 2. The predicted octanol–water partition coefficient (Wildman–Crippen LogP) is 3.91. The number of fused-ring (bicyclic) bond motifs is 1. The minimum Gasteiger partial charge on any atom is -0.467 e. The molecule has 0 aliphatic heterocycles. The summed E-state index contributed by atoms with van der Waals surface area (Å²) >= 11 is 5.83. The number of alkyl halides is 1. The second-order valence-corrected chi connectivity index (χ2v) is 5.10. The maximum Gasteiger partial charge on any atom is 0.128 e. The highest BCUT2D eigenvalue weighted by Gasteiger charge is 2.13. The highest BCUT2D eigenvalue weighted by Crippen LogP contribution is 2.22. The molecule has 0 saturated heterocycles. The molecule has 3 aromatic rings. The average Bonchev–Trinajstić information content (AvgIpc) is 3.02. The van der Waals surface area contributed by atoms with Crippen LogP contribution in [0.3, 0.4) is 0 Å². The van der Waals surface area contributed by atoms with Gasteiger partial charge in [0.05, 0.1) is 23.8 Å². The van der Waals surface area contributed by atoms with Crippen LogP contribution in [0.15, 0.2) is 34.9 Å². The summed E-state index contributed by atoms with van der Waals surface area (Å²) in [6.45, 7) is 2.32. The van der Waals surface area contributed by atoms with Crippen molar-refractivity contribution >= 4 is 22.6 Å². The number of hydrogen-bond acceptors (Lipinski definition) is 2. The second kappa shape index (κ2) is 5.29. The highest BCUT2D eigenvalue weighted by atomic mass is 35.5. The Morgan fingerprint density at radius 1 is 1.40 bits per heavy atom. The predicted molar refractivity (Wildman–Crippen MR) is 76.7 cm³/mol. The summed E-state index contributed by atoms with van der Waals surface area (Å²) in [7, 11) is 0. The van der Waals surface area contributed by atoms with Crippen molar-refractivity contribution in [3.05, 3.63) is 53.5 Å². The number of nitrogens with zero attached hydrogens (tertiary/aromatic N) is 2. The van der Waals surface area contributed by atoms with Gasteiger partial charge in [-0.2, -0.15) is 0 Å². The molecule has 0 spiro atoms. The maximum atomic E-state index is 13.7. The van der Waals surface area contributed by atoms with Crippen LogP contribution in [-0.2, 0) is 13.0 Å². The molecule has 0 bridgehead atoms. The van der Waals surface area contributed by atoms with Crippen LogP contribution in [-0.4, -0.2) is 15.4 Å². The van der Waals surface area contributed by atoms with Crippen molar-refractivity contribution in [2.45, 2.75) is 19.9 Å². The molecule has 1 aromatic carbocycles. The van der Waals surface area contributed by atoms with Gasteiger partial charge in [0.1, 0.15) is 17.4 Å². The highest BCUT2D eigenvalue weighted by molar-refractivity contribution is 6.17. The first kappa shape index (κ1) is 13.2. The summed E-state index contributed by atoms with van der Waals surface area (Å²) in [5.74, 6) is 1.92. The van der Waals surface area contributed by atoms with E-state index in [0.717, 1.165) is 17.1 Å². The Morgan fingerprint density at radius 2 is 2.25 bits per heavy atom. The summed E-state index contributed by atoms with van der Waals surface area (Å²) in [5, 5.41) is 0. The molecular weight excluding hydrogens is 279 g/mol. The van der Waals surface area contributed by atoms with Crippen molar-refractivity contribution in [1.82, 2.24) is 9.55 Å². The number of hydrogen-bond donors (Lipinski definition) is 0. The molecule has 0 fully saturated rings. The van der Waals surface area contributed by atoms with Gasteiger partial charge in [0.15, 0.2) is 0 Å². The van der Waals surface area contributed by atoms with E-state index in [0.29, 0.717) is 29.9 Å². The third kappa shape index (κ3) is 2.31. The third-order valence-corrected chi connectivity index (χ3v) is 3.51. The number of imidazole rings is 1. The minimum atomic E-state index is -0.238. The molecule has 0 saturated carbocycles. The van der Waals surface area contributed by atoms with E-state index in [9.17, 15) is 4.39 Å². The van der Waals surface area contributed by atoms with E-state index in [4.69, 9.17) is 16.0 Å². The van der Waals surface area contributed by atoms with E-state index < -0.39 is 0 Å². The monoisotopic (exact) mass is 292 g/mol. The van der Waals surface area contributed by atoms with Gasteiger partial charge in [-0.05, 0) is 30.7 Å². The van der Waals surface area contributed by atoms with Gasteiger partial charge in [-0.15, -0.1) is 11.6 Å². The first-order valence-electron chi connectivity index (χ1n) is 6.42. The summed E-state index contributed by atoms with van der Waals surface area (Å²) in [6, 6.07) is 7.05. The van der Waals surface area contributed by atoms with Crippen LogP contribution in [0.5, 0.6) is 0 Å². The van der Waals surface area contributed by atoms with Gasteiger partial charge < -0.3 is 8.98 Å². The molecule has 20 heavy (non-hydrogen) atoms. The van der Waals surface area contributed by atoms with Gasteiger partial charge >= 0.3 is 0 Å². The van der Waals surface area contributed by atoms with E-state index in [1.807, 2.05) is 22.8 Å². The lowest BCUT2D eigenvalue weighted by atomic mass is 10.2. The average molecular weight is 293 g/mol. The minimum absolute atomic E-state index is 0.238. The molecule has 0 aliphatic carbocycles. The van der Waals surface area contributed by atoms with Gasteiger partial charge in [-0.1, -0.05) is 0 Å². The van der Waals surface area contributed by atoms with Gasteiger partial charge in [0, 0.05) is 18.4 Å². The molecule has 5 heteroatoms. The first-order valence-corrected chi connectivity index (χ1v) is 6.96. The SMILES string of the molecule is Cc1cc2c(cc1F)nc(CCCl)n2Cc1ccco1. The van der Waals surface area contributed by atoms with Crippen molar-refractivity contribution in [2.75, 3.05) is 5.88 Å². The quantitative estimate of drug-likeness (QED) is 0.683. The molecular formula is C15H14ClFN2O. The Hall–Kier alpha value is -1.81. The van der Waals surface area contributed by atoms with Crippen LogP contribution >= 0.6 is 11.6 Å². The Labute approximate surface area is 121 Å². The van der Waals surface area contributed by atoms with Crippen LogP contribution in [0, 0.1) is 12.7 Å². The summed E-state index contributed by atoms with van der Waals surface area (Å²) in [4.78, 5) is 4.48. The van der Waals surface area contributed by atoms with Gasteiger partial charge in [-0.25, -0.2) is 9.37 Å². The molecule has 2 aromatic heterocycles. The van der Waals surface area contributed by atoms with Crippen molar-refractivity contribution in [3.63, 3.8) is 0 Å². The molecule has 0 atom stereocenters. The Morgan fingerprint density at radius 3 is 2.95 bits per heavy atom. The van der Waals surface area contributed by atoms with Gasteiger partial charge in [-0.3, -0.25) is 0 Å². The zero-order valence-electron chi connectivity index (χ0n) is 11.1. The number of benzene rings is 1. The number of rotatable bonds is 4. The molecule has 2 heterocycles. The molecule has 3 rings (SSSR count). The van der Waals surface area contributed by atoms with Crippen molar-refractivity contribution in [2.24, 2.45) is 0 Å². The van der Waals surface area contributed by atoms with E-state index in [1.54, 1.807) is 13.2 Å². The standard InChI is InChI=1S/C15H14ClFN2O/c1-10-7-14-13(8-12(10)17)18-15(4-5-16)19(14)9-11-3-2-6-20-11/h2-3,6-8H,4-5,9H2,1H3. The fourth-order valence-corrected chi connectivity index (χ4v) is 2.48. The maximum absolute atomic E-state index is 13.7. The molecule has 0 unspecified atom stereocenters. The fraction of sp³-hybridized carbons (Fsp3) is 0.267. The number of aryl methyl sites for hydroxylation is 2. The summed E-state index contributed by atoms with van der Waals surface area (Å²) < 4.78 is 21.1. The van der Waals surface area contributed by atoms with Crippen molar-refractivity contribution < 1.29 is 8.81 Å². The lowest BCUT2D eigenvalue weighted by molar-refractivity contribution is 0.492. The van der Waals surface area contributed by atoms with Crippen molar-refractivity contribution in [3.8, 4) is 0 Å². The van der Waals surface area contributed by atoms with Crippen LogP contribution in [0.4, 0.5) is 4.39 Å². The molecule has 104 valence electrons. The molecule has 0 N–H and O–H groups in total. The normalized spacial score (nSPS) is 11.3. The zero-order chi connectivity index (χ0) is 14.1. The van der Waals surface area contributed by atoms with E-state index in [2.05, 4.69) is 4.98 Å². The smallest absolute Gasteiger partial charge is 0.128 e. The van der Waals surface area contributed by atoms with E-state index in [-0.39, 0.29) is 5.82 Å². The summed E-state index contributed by atoms with van der Waals surface area (Å²) in [5.41, 5.74) is 2.16. The Bertz CT molecular complexity index is 734. The fourth-order valence-electron chi connectivity index (χ4n) is 2.31. The van der Waals surface area contributed by atoms with Crippen LogP contribution in [0.1, 0.15) is 17.1 Å². The molecule has 0 aliphatic rings. The van der Waals surface area contributed by atoms with E-state index >= 15 is 0 Å². The van der Waals surface area contributed by atoms with Crippen LogP contribution in [0.25, 0.3) is 11.0 Å². The van der Waals surface area contributed by atoms with E-state index in [1.165, 1.54) is 6.07 Å². The second-order valence-electron chi connectivity index (χ2n) is 4.72. The number of furan rings is 1.